The number of amides is 1. The maximum absolute atomic E-state index is 12.4. The van der Waals surface area contributed by atoms with E-state index in [1.165, 1.54) is 4.90 Å². The Hall–Kier alpha value is -1.31. The lowest BCUT2D eigenvalue weighted by molar-refractivity contribution is -0.192. The van der Waals surface area contributed by atoms with Crippen molar-refractivity contribution in [2.24, 2.45) is 5.92 Å². The normalized spacial score (nSPS) is 23.0. The van der Waals surface area contributed by atoms with Crippen LogP contribution in [0.25, 0.3) is 0 Å². The highest BCUT2D eigenvalue weighted by Crippen LogP contribution is 2.26. The first-order valence-electron chi connectivity index (χ1n) is 5.48. The van der Waals surface area contributed by atoms with E-state index in [2.05, 4.69) is 5.32 Å². The highest BCUT2D eigenvalue weighted by atomic mass is 19.4. The number of likely N-dealkylation sites (tertiary alicyclic amines) is 1. The second-order valence-electron chi connectivity index (χ2n) is 4.35. The molecule has 1 aliphatic heterocycles. The molecule has 0 aromatic rings. The van der Waals surface area contributed by atoms with E-state index < -0.39 is 24.6 Å². The zero-order valence-corrected chi connectivity index (χ0v) is 9.83. The van der Waals surface area contributed by atoms with Gasteiger partial charge in [-0.15, -0.1) is 0 Å². The number of nitrogens with one attached hydrogen (secondary N) is 1. The Kier molecular flexibility index (Phi) is 4.55. The summed E-state index contributed by atoms with van der Waals surface area (Å²) in [4.78, 5) is 23.1. The average Bonchev–Trinajstić information content (AvgIpc) is 2.21. The van der Waals surface area contributed by atoms with Gasteiger partial charge in [0.25, 0.3) is 0 Å². The summed E-state index contributed by atoms with van der Waals surface area (Å²) in [7, 11) is 1.56. The molecule has 0 aromatic heterocycles. The van der Waals surface area contributed by atoms with Gasteiger partial charge in [-0.2, -0.15) is 13.2 Å². The van der Waals surface area contributed by atoms with E-state index in [1.54, 1.807) is 7.05 Å². The van der Waals surface area contributed by atoms with Crippen LogP contribution in [0.15, 0.2) is 0 Å². The molecule has 1 heterocycles. The van der Waals surface area contributed by atoms with Gasteiger partial charge in [-0.1, -0.05) is 0 Å². The summed E-state index contributed by atoms with van der Waals surface area (Å²) < 4.78 is 37.1. The van der Waals surface area contributed by atoms with Gasteiger partial charge in [0, 0.05) is 32.6 Å². The molecule has 2 atom stereocenters. The van der Waals surface area contributed by atoms with Crippen LogP contribution >= 0.6 is 0 Å². The molecule has 1 rings (SSSR count). The maximum atomic E-state index is 12.4. The molecule has 0 aliphatic carbocycles. The van der Waals surface area contributed by atoms with E-state index in [1.807, 2.05) is 0 Å². The molecule has 1 saturated heterocycles. The lowest BCUT2D eigenvalue weighted by Crippen LogP contribution is -2.50. The number of halogens is 3. The summed E-state index contributed by atoms with van der Waals surface area (Å²) in [6, 6.07) is -0.295. The van der Waals surface area contributed by atoms with Crippen LogP contribution in [-0.2, 0) is 9.59 Å². The summed E-state index contributed by atoms with van der Waals surface area (Å²) in [6.45, 7) is -0.380. The van der Waals surface area contributed by atoms with Gasteiger partial charge >= 0.3 is 12.1 Å². The Labute approximate surface area is 102 Å². The van der Waals surface area contributed by atoms with Crippen LogP contribution in [0.5, 0.6) is 0 Å². The van der Waals surface area contributed by atoms with E-state index in [9.17, 15) is 22.8 Å². The molecule has 0 saturated carbocycles. The van der Waals surface area contributed by atoms with Crippen LogP contribution in [0.3, 0.4) is 0 Å². The first-order chi connectivity index (χ1) is 8.21. The van der Waals surface area contributed by atoms with Crippen molar-refractivity contribution in [2.45, 2.75) is 25.1 Å². The summed E-state index contributed by atoms with van der Waals surface area (Å²) in [5.41, 5.74) is 0. The van der Waals surface area contributed by atoms with Gasteiger partial charge in [0.1, 0.15) is 0 Å². The van der Waals surface area contributed by atoms with E-state index in [-0.39, 0.29) is 18.4 Å². The minimum atomic E-state index is -4.77. The Bertz CT molecular complexity index is 333. The molecule has 5 nitrogen and oxygen atoms in total. The number of hydrogen-bond acceptors (Lipinski definition) is 3. The third-order valence-electron chi connectivity index (χ3n) is 2.93. The fraction of sp³-hybridized carbons (Fsp3) is 0.800. The summed E-state index contributed by atoms with van der Waals surface area (Å²) in [5.74, 6) is -4.37. The van der Waals surface area contributed by atoms with Crippen molar-refractivity contribution in [1.82, 2.24) is 10.2 Å². The number of carbonyl (C=O) groups is 2. The van der Waals surface area contributed by atoms with E-state index in [0.717, 1.165) is 0 Å². The monoisotopic (exact) mass is 268 g/mol. The molecule has 2 N–H and O–H groups in total. The molecule has 1 amide bonds. The molecule has 2 unspecified atom stereocenters. The first-order valence-corrected chi connectivity index (χ1v) is 5.48. The van der Waals surface area contributed by atoms with Crippen LogP contribution in [0.1, 0.15) is 12.8 Å². The molecule has 0 spiro atoms. The van der Waals surface area contributed by atoms with Crippen molar-refractivity contribution >= 4 is 11.9 Å². The summed E-state index contributed by atoms with van der Waals surface area (Å²) in [6.07, 6.45) is -4.08. The van der Waals surface area contributed by atoms with Crippen LogP contribution in [0, 0.1) is 5.92 Å². The third-order valence-corrected chi connectivity index (χ3v) is 2.93. The lowest BCUT2D eigenvalue weighted by atomic mass is 10.0. The minimum absolute atomic E-state index is 0.0568. The van der Waals surface area contributed by atoms with E-state index >= 15 is 0 Å². The summed E-state index contributed by atoms with van der Waals surface area (Å²) >= 11 is 0. The predicted molar refractivity (Wildman–Crippen MR) is 55.8 cm³/mol. The molecular formula is C10H15F3N2O3. The van der Waals surface area contributed by atoms with Crippen molar-refractivity contribution in [3.05, 3.63) is 0 Å². The highest BCUT2D eigenvalue weighted by Gasteiger charge is 2.45. The molecule has 0 aromatic carbocycles. The zero-order chi connectivity index (χ0) is 13.9. The zero-order valence-electron chi connectivity index (χ0n) is 9.83. The molecule has 0 radical (unpaired) electrons. The van der Waals surface area contributed by atoms with Crippen LogP contribution in [0.2, 0.25) is 0 Å². The number of carboxylic acids is 1. The average molecular weight is 268 g/mol. The third kappa shape index (κ3) is 3.86. The second kappa shape index (κ2) is 5.55. The van der Waals surface area contributed by atoms with E-state index in [0.29, 0.717) is 13.0 Å². The van der Waals surface area contributed by atoms with E-state index in [4.69, 9.17) is 5.11 Å². The fourth-order valence-corrected chi connectivity index (χ4v) is 1.81. The van der Waals surface area contributed by atoms with Crippen LogP contribution in [0.4, 0.5) is 13.2 Å². The topological polar surface area (TPSA) is 69.6 Å². The number of nitrogens with zero attached hydrogens (tertiary/aromatic N) is 1. The molecule has 1 fully saturated rings. The molecule has 0 bridgehead atoms. The minimum Gasteiger partial charge on any atom is -0.481 e. The van der Waals surface area contributed by atoms with Gasteiger partial charge in [0.05, 0.1) is 0 Å². The number of carbonyl (C=O) groups excluding carboxylic acids is 1. The SMILES string of the molecule is CN1CC(NCC(C(=O)O)C(F)(F)F)CCC1=O. The van der Waals surface area contributed by atoms with Gasteiger partial charge < -0.3 is 15.3 Å². The molecule has 18 heavy (non-hydrogen) atoms. The van der Waals surface area contributed by atoms with Crippen molar-refractivity contribution in [3.63, 3.8) is 0 Å². The fourth-order valence-electron chi connectivity index (χ4n) is 1.81. The van der Waals surface area contributed by atoms with Crippen molar-refractivity contribution in [2.75, 3.05) is 20.1 Å². The number of aliphatic carboxylic acids is 1. The molecular weight excluding hydrogens is 253 g/mol. The van der Waals surface area contributed by atoms with Crippen LogP contribution in [-0.4, -0.2) is 54.2 Å². The number of likely N-dealkylation sites (N-methyl/N-ethyl adjacent to an activating group) is 1. The van der Waals surface area contributed by atoms with Crippen molar-refractivity contribution < 1.29 is 27.9 Å². The Morgan fingerprint density at radius 3 is 2.67 bits per heavy atom. The number of piperidine rings is 1. The smallest absolute Gasteiger partial charge is 0.403 e. The standard InChI is InChI=1S/C10H15F3N2O3/c1-15-5-6(2-3-8(15)16)14-4-7(9(17)18)10(11,12)13/h6-7,14H,2-5H2,1H3,(H,17,18). The molecule has 1 aliphatic rings. The van der Waals surface area contributed by atoms with Gasteiger partial charge in [0.15, 0.2) is 5.92 Å². The quantitative estimate of drug-likeness (QED) is 0.777. The van der Waals surface area contributed by atoms with Crippen molar-refractivity contribution in [1.29, 1.82) is 0 Å². The maximum Gasteiger partial charge on any atom is 0.403 e. The van der Waals surface area contributed by atoms with Gasteiger partial charge in [-0.3, -0.25) is 9.59 Å². The number of hydrogen-bond donors (Lipinski definition) is 2. The first kappa shape index (κ1) is 14.7. The number of alkyl halides is 3. The van der Waals surface area contributed by atoms with Gasteiger partial charge in [-0.25, -0.2) is 0 Å². The van der Waals surface area contributed by atoms with Crippen LogP contribution < -0.4 is 5.32 Å². The number of rotatable bonds is 4. The largest absolute Gasteiger partial charge is 0.481 e. The van der Waals surface area contributed by atoms with Crippen molar-refractivity contribution in [3.8, 4) is 0 Å². The molecule has 104 valence electrons. The number of carboxylic acid groups (broad SMARTS) is 1. The highest BCUT2D eigenvalue weighted by molar-refractivity contribution is 5.76. The Balaban J connectivity index is 2.49. The molecule has 8 heteroatoms. The van der Waals surface area contributed by atoms with Gasteiger partial charge in [-0.05, 0) is 6.42 Å². The summed E-state index contributed by atoms with van der Waals surface area (Å²) in [5, 5.41) is 11.1. The Morgan fingerprint density at radius 1 is 1.61 bits per heavy atom. The van der Waals surface area contributed by atoms with Gasteiger partial charge in [0.2, 0.25) is 5.91 Å². The lowest BCUT2D eigenvalue weighted by Gasteiger charge is -2.31. The predicted octanol–water partition coefficient (Wildman–Crippen LogP) is 0.460. The Morgan fingerprint density at radius 2 is 2.22 bits per heavy atom. The second-order valence-corrected chi connectivity index (χ2v) is 4.35.